The molecule has 21 heavy (non-hydrogen) atoms. The van der Waals surface area contributed by atoms with Crippen molar-refractivity contribution < 1.29 is 27.8 Å². The lowest BCUT2D eigenvalue weighted by Gasteiger charge is -2.18. The van der Waals surface area contributed by atoms with Crippen molar-refractivity contribution in [1.29, 1.82) is 0 Å². The van der Waals surface area contributed by atoms with Gasteiger partial charge in [0, 0.05) is 6.54 Å². The Morgan fingerprint density at radius 2 is 2.05 bits per heavy atom. The highest BCUT2D eigenvalue weighted by Crippen LogP contribution is 2.37. The summed E-state index contributed by atoms with van der Waals surface area (Å²) in [7, 11) is 1.36. The molecule has 1 unspecified atom stereocenters. The van der Waals surface area contributed by atoms with E-state index in [2.05, 4.69) is 5.32 Å². The van der Waals surface area contributed by atoms with Crippen LogP contribution in [-0.2, 0) is 6.54 Å². The van der Waals surface area contributed by atoms with Crippen LogP contribution in [0.25, 0.3) is 0 Å². The summed E-state index contributed by atoms with van der Waals surface area (Å²) in [6.45, 7) is 2.29. The minimum atomic E-state index is -4.75. The topological polar surface area (TPSA) is 50.7 Å². The zero-order valence-corrected chi connectivity index (χ0v) is 12.4. The summed E-state index contributed by atoms with van der Waals surface area (Å²) in [5, 5.41) is 12.1. The van der Waals surface area contributed by atoms with Gasteiger partial charge in [-0.15, -0.1) is 0 Å². The van der Waals surface area contributed by atoms with Crippen molar-refractivity contribution in [3.8, 4) is 11.5 Å². The summed E-state index contributed by atoms with van der Waals surface area (Å²) in [5.41, 5.74) is 0.808. The number of hydrogen-bond acceptors (Lipinski definition) is 4. The zero-order chi connectivity index (χ0) is 16.0. The summed E-state index contributed by atoms with van der Waals surface area (Å²) in [5.74, 6) is 0.187. The number of hydrogen-bond donors (Lipinski definition) is 2. The van der Waals surface area contributed by atoms with E-state index in [1.165, 1.54) is 7.11 Å². The number of benzene rings is 1. The minimum Gasteiger partial charge on any atom is -0.493 e. The second-order valence-electron chi connectivity index (χ2n) is 4.26. The maximum Gasteiger partial charge on any atom is 0.417 e. The number of methoxy groups -OCH3 is 1. The monoisotopic (exact) mass is 327 g/mol. The van der Waals surface area contributed by atoms with Crippen molar-refractivity contribution in [1.82, 2.24) is 5.32 Å². The summed E-state index contributed by atoms with van der Waals surface area (Å²) >= 11 is 5.99. The van der Waals surface area contributed by atoms with Gasteiger partial charge in [0.25, 0.3) is 0 Å². The molecule has 0 aromatic heterocycles. The average molecular weight is 328 g/mol. The van der Waals surface area contributed by atoms with Crippen LogP contribution in [0.2, 0.25) is 5.02 Å². The normalized spacial score (nSPS) is 13.1. The van der Waals surface area contributed by atoms with Gasteiger partial charge in [0.2, 0.25) is 0 Å². The van der Waals surface area contributed by atoms with Crippen LogP contribution in [0.3, 0.4) is 0 Å². The van der Waals surface area contributed by atoms with E-state index >= 15 is 0 Å². The van der Waals surface area contributed by atoms with Crippen LogP contribution in [0, 0.1) is 0 Å². The van der Waals surface area contributed by atoms with E-state index in [4.69, 9.17) is 26.2 Å². The molecule has 2 N–H and O–H groups in total. The fourth-order valence-corrected chi connectivity index (χ4v) is 1.83. The van der Waals surface area contributed by atoms with Gasteiger partial charge in [-0.1, -0.05) is 18.5 Å². The standard InChI is InChI=1S/C13H17ClF3NO3/c1-3-18-6-8-4-9(14)12(10(5-8)20-2)21-7-11(19)13(15,16)17/h4-5,11,18-19H,3,6-7H2,1-2H3. The highest BCUT2D eigenvalue weighted by Gasteiger charge is 2.39. The molecule has 1 atom stereocenters. The molecule has 0 aliphatic heterocycles. The Kier molecular flexibility index (Phi) is 6.57. The fourth-order valence-electron chi connectivity index (χ4n) is 1.54. The summed E-state index contributed by atoms with van der Waals surface area (Å²) < 4.78 is 46.7. The Morgan fingerprint density at radius 1 is 1.38 bits per heavy atom. The molecular formula is C13H17ClF3NO3. The molecule has 0 fully saturated rings. The van der Waals surface area contributed by atoms with Crippen LogP contribution in [-0.4, -0.2) is 37.6 Å². The summed E-state index contributed by atoms with van der Waals surface area (Å²) in [6.07, 6.45) is -7.33. The first-order valence-corrected chi connectivity index (χ1v) is 6.62. The van der Waals surface area contributed by atoms with Crippen LogP contribution in [0.5, 0.6) is 11.5 Å². The Morgan fingerprint density at radius 3 is 2.57 bits per heavy atom. The van der Waals surface area contributed by atoms with Crippen LogP contribution in [0.15, 0.2) is 12.1 Å². The van der Waals surface area contributed by atoms with E-state index in [0.717, 1.165) is 12.1 Å². The second kappa shape index (κ2) is 7.72. The molecule has 120 valence electrons. The quantitative estimate of drug-likeness (QED) is 0.808. The molecule has 8 heteroatoms. The Hall–Kier alpha value is -1.18. The molecule has 1 aromatic rings. The largest absolute Gasteiger partial charge is 0.493 e. The molecule has 0 spiro atoms. The molecule has 0 amide bonds. The highest BCUT2D eigenvalue weighted by molar-refractivity contribution is 6.32. The van der Waals surface area contributed by atoms with E-state index < -0.39 is 18.9 Å². The van der Waals surface area contributed by atoms with Crippen molar-refractivity contribution in [2.45, 2.75) is 25.7 Å². The van der Waals surface area contributed by atoms with Gasteiger partial charge in [0.15, 0.2) is 17.6 Å². The lowest BCUT2D eigenvalue weighted by atomic mass is 10.2. The van der Waals surface area contributed by atoms with Crippen molar-refractivity contribution in [2.75, 3.05) is 20.3 Å². The van der Waals surface area contributed by atoms with E-state index in [1.54, 1.807) is 12.1 Å². The molecule has 0 saturated carbocycles. The van der Waals surface area contributed by atoms with Gasteiger partial charge in [0.05, 0.1) is 12.1 Å². The molecule has 4 nitrogen and oxygen atoms in total. The first-order chi connectivity index (χ1) is 9.79. The number of nitrogens with one attached hydrogen (secondary N) is 1. The number of aliphatic hydroxyl groups excluding tert-OH is 1. The molecule has 0 bridgehead atoms. The summed E-state index contributed by atoms with van der Waals surface area (Å²) in [6, 6.07) is 3.19. The first-order valence-electron chi connectivity index (χ1n) is 6.24. The first kappa shape index (κ1) is 17.9. The number of rotatable bonds is 7. The van der Waals surface area contributed by atoms with Crippen molar-refractivity contribution in [2.24, 2.45) is 0 Å². The lowest BCUT2D eigenvalue weighted by molar-refractivity contribution is -0.210. The maximum absolute atomic E-state index is 12.2. The molecule has 0 aliphatic rings. The smallest absolute Gasteiger partial charge is 0.417 e. The fraction of sp³-hybridized carbons (Fsp3) is 0.538. The SMILES string of the molecule is CCNCc1cc(Cl)c(OCC(O)C(F)(F)F)c(OC)c1. The van der Waals surface area contributed by atoms with E-state index in [9.17, 15) is 13.2 Å². The third-order valence-corrected chi connectivity index (χ3v) is 2.91. The second-order valence-corrected chi connectivity index (χ2v) is 4.66. The third kappa shape index (κ3) is 5.26. The predicted molar refractivity (Wildman–Crippen MR) is 72.9 cm³/mol. The number of alkyl halides is 3. The predicted octanol–water partition coefficient (Wildman–Crippen LogP) is 2.76. The van der Waals surface area contributed by atoms with Gasteiger partial charge in [0.1, 0.15) is 6.61 Å². The molecule has 1 rings (SSSR count). The van der Waals surface area contributed by atoms with Crippen LogP contribution in [0.1, 0.15) is 12.5 Å². The lowest BCUT2D eigenvalue weighted by Crippen LogP contribution is -2.34. The number of halogens is 4. The zero-order valence-electron chi connectivity index (χ0n) is 11.6. The highest BCUT2D eigenvalue weighted by atomic mass is 35.5. The van der Waals surface area contributed by atoms with Gasteiger partial charge >= 0.3 is 6.18 Å². The van der Waals surface area contributed by atoms with Gasteiger partial charge in [-0.05, 0) is 24.2 Å². The van der Waals surface area contributed by atoms with Gasteiger partial charge in [-0.3, -0.25) is 0 Å². The number of ether oxygens (including phenoxy) is 2. The molecule has 0 saturated heterocycles. The molecule has 0 radical (unpaired) electrons. The van der Waals surface area contributed by atoms with E-state index in [1.807, 2.05) is 6.92 Å². The third-order valence-electron chi connectivity index (χ3n) is 2.63. The Bertz CT molecular complexity index is 469. The summed E-state index contributed by atoms with van der Waals surface area (Å²) in [4.78, 5) is 0. The molecular weight excluding hydrogens is 311 g/mol. The van der Waals surface area contributed by atoms with Crippen molar-refractivity contribution >= 4 is 11.6 Å². The number of aliphatic hydroxyl groups is 1. The van der Waals surface area contributed by atoms with Crippen molar-refractivity contribution in [3.63, 3.8) is 0 Å². The van der Waals surface area contributed by atoms with Crippen molar-refractivity contribution in [3.05, 3.63) is 22.7 Å². The van der Waals surface area contributed by atoms with Gasteiger partial charge in [-0.25, -0.2) is 0 Å². The Balaban J connectivity index is 2.86. The van der Waals surface area contributed by atoms with Crippen LogP contribution < -0.4 is 14.8 Å². The average Bonchev–Trinajstić information content (AvgIpc) is 2.41. The van der Waals surface area contributed by atoms with Gasteiger partial charge < -0.3 is 19.9 Å². The van der Waals surface area contributed by atoms with Crippen LogP contribution in [0.4, 0.5) is 13.2 Å². The molecule has 0 heterocycles. The van der Waals surface area contributed by atoms with Crippen LogP contribution >= 0.6 is 11.6 Å². The van der Waals surface area contributed by atoms with Gasteiger partial charge in [-0.2, -0.15) is 13.2 Å². The molecule has 1 aromatic carbocycles. The molecule has 0 aliphatic carbocycles. The van der Waals surface area contributed by atoms with E-state index in [0.29, 0.717) is 6.54 Å². The maximum atomic E-state index is 12.2. The minimum absolute atomic E-state index is 0.0253. The Labute approximate surface area is 125 Å². The van der Waals surface area contributed by atoms with E-state index in [-0.39, 0.29) is 16.5 Å².